The van der Waals surface area contributed by atoms with Crippen LogP contribution in [0.2, 0.25) is 0 Å². The fourth-order valence-corrected chi connectivity index (χ4v) is 3.41. The van der Waals surface area contributed by atoms with Gasteiger partial charge >= 0.3 is 0 Å². The molecule has 3 heteroatoms. The topological polar surface area (TPSA) is 38.5 Å². The number of nitrogens with zero attached hydrogens (tertiary/aromatic N) is 1. The summed E-state index contributed by atoms with van der Waals surface area (Å²) in [6, 6.07) is 1.11. The summed E-state index contributed by atoms with van der Waals surface area (Å²) in [5.74, 6) is 0. The molecule has 0 aromatic carbocycles. The van der Waals surface area contributed by atoms with Gasteiger partial charge in [0.1, 0.15) is 0 Å². The highest BCUT2D eigenvalue weighted by Crippen LogP contribution is 2.27. The molecule has 0 amide bonds. The molecular formula is C14H28N2O. The van der Waals surface area contributed by atoms with Crippen LogP contribution in [0.3, 0.4) is 0 Å². The van der Waals surface area contributed by atoms with E-state index in [9.17, 15) is 0 Å². The Hall–Kier alpha value is -0.120. The Morgan fingerprint density at radius 2 is 2.00 bits per heavy atom. The molecule has 0 aromatic rings. The van der Waals surface area contributed by atoms with Crippen LogP contribution in [0, 0.1) is 0 Å². The van der Waals surface area contributed by atoms with Gasteiger partial charge in [0.25, 0.3) is 0 Å². The first-order valence-corrected chi connectivity index (χ1v) is 7.33. The van der Waals surface area contributed by atoms with E-state index in [1.807, 2.05) is 0 Å². The molecule has 2 heterocycles. The standard InChI is InChI=1S/C14H28N2O/c1-11-6-4-3-5-9-16(11)13(10-15)14-8-7-12(2)17-14/h11-14H,3-10,15H2,1-2H3. The summed E-state index contributed by atoms with van der Waals surface area (Å²) in [7, 11) is 0. The van der Waals surface area contributed by atoms with Gasteiger partial charge in [-0.25, -0.2) is 0 Å². The highest BCUT2D eigenvalue weighted by molar-refractivity contribution is 4.88. The number of likely N-dealkylation sites (tertiary alicyclic amines) is 1. The summed E-state index contributed by atoms with van der Waals surface area (Å²) in [5, 5.41) is 0. The summed E-state index contributed by atoms with van der Waals surface area (Å²) in [6.07, 6.45) is 8.57. The van der Waals surface area contributed by atoms with E-state index in [-0.39, 0.29) is 0 Å². The molecule has 2 aliphatic heterocycles. The van der Waals surface area contributed by atoms with Crippen molar-refractivity contribution >= 4 is 0 Å². The molecule has 2 rings (SSSR count). The van der Waals surface area contributed by atoms with Crippen molar-refractivity contribution in [1.82, 2.24) is 4.90 Å². The molecule has 2 N–H and O–H groups in total. The molecule has 3 nitrogen and oxygen atoms in total. The molecule has 0 spiro atoms. The normalized spacial score (nSPS) is 37.9. The van der Waals surface area contributed by atoms with Crippen molar-refractivity contribution in [3.05, 3.63) is 0 Å². The van der Waals surface area contributed by atoms with Gasteiger partial charge in [0, 0.05) is 18.6 Å². The third-order valence-corrected chi connectivity index (χ3v) is 4.47. The van der Waals surface area contributed by atoms with Crippen LogP contribution in [0.25, 0.3) is 0 Å². The second kappa shape index (κ2) is 6.17. The molecule has 2 saturated heterocycles. The van der Waals surface area contributed by atoms with E-state index in [1.165, 1.54) is 45.1 Å². The molecule has 0 aromatic heterocycles. The van der Waals surface area contributed by atoms with Crippen molar-refractivity contribution in [3.8, 4) is 0 Å². The highest BCUT2D eigenvalue weighted by atomic mass is 16.5. The Labute approximate surface area is 106 Å². The zero-order chi connectivity index (χ0) is 12.3. The van der Waals surface area contributed by atoms with Gasteiger partial charge in [0.15, 0.2) is 0 Å². The first-order chi connectivity index (χ1) is 8.22. The Bertz CT molecular complexity index is 234. The van der Waals surface area contributed by atoms with Crippen LogP contribution < -0.4 is 5.73 Å². The van der Waals surface area contributed by atoms with Gasteiger partial charge < -0.3 is 10.5 Å². The van der Waals surface area contributed by atoms with E-state index in [2.05, 4.69) is 18.7 Å². The van der Waals surface area contributed by atoms with E-state index in [0.29, 0.717) is 24.3 Å². The average Bonchev–Trinajstić information content (AvgIpc) is 2.62. The van der Waals surface area contributed by atoms with Crippen LogP contribution in [0.1, 0.15) is 52.4 Å². The van der Waals surface area contributed by atoms with Crippen molar-refractivity contribution in [2.24, 2.45) is 5.73 Å². The molecule has 17 heavy (non-hydrogen) atoms. The number of nitrogens with two attached hydrogens (primary N) is 1. The van der Waals surface area contributed by atoms with E-state index in [1.54, 1.807) is 0 Å². The van der Waals surface area contributed by atoms with Crippen LogP contribution in [0.4, 0.5) is 0 Å². The maximum Gasteiger partial charge on any atom is 0.0747 e. The van der Waals surface area contributed by atoms with E-state index >= 15 is 0 Å². The van der Waals surface area contributed by atoms with Crippen molar-refractivity contribution in [3.63, 3.8) is 0 Å². The van der Waals surface area contributed by atoms with Gasteiger partial charge in [-0.05, 0) is 46.1 Å². The average molecular weight is 240 g/mol. The fraction of sp³-hybridized carbons (Fsp3) is 1.00. The smallest absolute Gasteiger partial charge is 0.0747 e. The molecule has 0 radical (unpaired) electrons. The summed E-state index contributed by atoms with van der Waals surface area (Å²) < 4.78 is 6.04. The SMILES string of the molecule is CC1CCC(C(CN)N2CCCCCC2C)O1. The third-order valence-electron chi connectivity index (χ3n) is 4.47. The molecule has 0 saturated carbocycles. The summed E-state index contributed by atoms with van der Waals surface area (Å²) in [4.78, 5) is 2.62. The molecular weight excluding hydrogens is 212 g/mol. The van der Waals surface area contributed by atoms with Gasteiger partial charge in [-0.3, -0.25) is 4.90 Å². The van der Waals surface area contributed by atoms with E-state index < -0.39 is 0 Å². The number of hydrogen-bond acceptors (Lipinski definition) is 3. The Morgan fingerprint density at radius 3 is 2.65 bits per heavy atom. The maximum atomic E-state index is 6.04. The van der Waals surface area contributed by atoms with Gasteiger partial charge in [0.2, 0.25) is 0 Å². The summed E-state index contributed by atoms with van der Waals surface area (Å²) in [5.41, 5.74) is 6.02. The van der Waals surface area contributed by atoms with Crippen molar-refractivity contribution in [2.75, 3.05) is 13.1 Å². The van der Waals surface area contributed by atoms with E-state index in [4.69, 9.17) is 10.5 Å². The molecule has 2 fully saturated rings. The lowest BCUT2D eigenvalue weighted by atomic mass is 10.0. The molecule has 2 aliphatic rings. The van der Waals surface area contributed by atoms with Crippen LogP contribution in [-0.4, -0.2) is 42.3 Å². The predicted molar refractivity (Wildman–Crippen MR) is 71.0 cm³/mol. The van der Waals surface area contributed by atoms with Crippen LogP contribution >= 0.6 is 0 Å². The zero-order valence-electron chi connectivity index (χ0n) is 11.4. The molecule has 0 bridgehead atoms. The highest BCUT2D eigenvalue weighted by Gasteiger charge is 2.34. The summed E-state index contributed by atoms with van der Waals surface area (Å²) in [6.45, 7) is 6.48. The molecule has 4 unspecified atom stereocenters. The first kappa shape index (κ1) is 13.3. The Morgan fingerprint density at radius 1 is 1.18 bits per heavy atom. The van der Waals surface area contributed by atoms with Crippen molar-refractivity contribution in [2.45, 2.75) is 76.7 Å². The first-order valence-electron chi connectivity index (χ1n) is 7.33. The second-order valence-electron chi connectivity index (χ2n) is 5.80. The number of rotatable bonds is 3. The largest absolute Gasteiger partial charge is 0.374 e. The molecule has 100 valence electrons. The minimum Gasteiger partial charge on any atom is -0.374 e. The third kappa shape index (κ3) is 3.21. The Kier molecular flexibility index (Phi) is 4.83. The van der Waals surface area contributed by atoms with Gasteiger partial charge in [-0.15, -0.1) is 0 Å². The fourth-order valence-electron chi connectivity index (χ4n) is 3.41. The molecule has 4 atom stereocenters. The summed E-state index contributed by atoms with van der Waals surface area (Å²) >= 11 is 0. The Balaban J connectivity index is 2.00. The van der Waals surface area contributed by atoms with Crippen molar-refractivity contribution < 1.29 is 4.74 Å². The van der Waals surface area contributed by atoms with Crippen molar-refractivity contribution in [1.29, 1.82) is 0 Å². The lowest BCUT2D eigenvalue weighted by Crippen LogP contribution is -2.51. The zero-order valence-corrected chi connectivity index (χ0v) is 11.4. The van der Waals surface area contributed by atoms with Gasteiger partial charge in [0.05, 0.1) is 12.2 Å². The minimum atomic E-state index is 0.371. The van der Waals surface area contributed by atoms with Crippen LogP contribution in [0.15, 0.2) is 0 Å². The van der Waals surface area contributed by atoms with E-state index in [0.717, 1.165) is 6.54 Å². The number of hydrogen-bond donors (Lipinski definition) is 1. The number of ether oxygens (including phenoxy) is 1. The predicted octanol–water partition coefficient (Wildman–Crippen LogP) is 2.15. The second-order valence-corrected chi connectivity index (χ2v) is 5.80. The minimum absolute atomic E-state index is 0.371. The van der Waals surface area contributed by atoms with Gasteiger partial charge in [-0.2, -0.15) is 0 Å². The van der Waals surface area contributed by atoms with Gasteiger partial charge in [-0.1, -0.05) is 12.8 Å². The van der Waals surface area contributed by atoms with Crippen LogP contribution in [-0.2, 0) is 4.74 Å². The lowest BCUT2D eigenvalue weighted by Gasteiger charge is -2.37. The molecule has 0 aliphatic carbocycles. The quantitative estimate of drug-likeness (QED) is 0.821. The lowest BCUT2D eigenvalue weighted by molar-refractivity contribution is -0.0147. The van der Waals surface area contributed by atoms with Crippen LogP contribution in [0.5, 0.6) is 0 Å². The monoisotopic (exact) mass is 240 g/mol. The maximum absolute atomic E-state index is 6.04.